The van der Waals surface area contributed by atoms with Gasteiger partial charge in [-0.05, 0) is 17.5 Å². The molecule has 0 saturated heterocycles. The number of pyridine rings is 1. The molecule has 112 valence electrons. The highest BCUT2D eigenvalue weighted by Gasteiger charge is 2.09. The number of hydrogen-bond acceptors (Lipinski definition) is 5. The average Bonchev–Trinajstić information content (AvgIpc) is 2.99. The standard InChI is InChI=1S/C14H12N4O3S/c19-13(10-2-1-5-18(21)8-10)15-4-6-17-9-16-11-3-7-22-12(11)14(17)20/h1-3,5,7-9H,4,6H2,(H,15,19). The molecule has 0 aliphatic carbocycles. The van der Waals surface area contributed by atoms with Crippen molar-refractivity contribution in [2.45, 2.75) is 6.54 Å². The van der Waals surface area contributed by atoms with E-state index in [0.29, 0.717) is 21.5 Å². The SMILES string of the molecule is O=C(NCCn1cnc2ccsc2c1=O)c1ccc[n+]([O-])c1. The van der Waals surface area contributed by atoms with Crippen LogP contribution in [0.5, 0.6) is 0 Å². The number of amides is 1. The van der Waals surface area contributed by atoms with Crippen molar-refractivity contribution in [3.05, 3.63) is 63.4 Å². The molecule has 22 heavy (non-hydrogen) atoms. The summed E-state index contributed by atoms with van der Waals surface area (Å²) < 4.78 is 2.62. The van der Waals surface area contributed by atoms with Crippen LogP contribution in [0.3, 0.4) is 0 Å². The molecule has 7 nitrogen and oxygen atoms in total. The molecule has 3 rings (SSSR count). The maximum absolute atomic E-state index is 12.2. The summed E-state index contributed by atoms with van der Waals surface area (Å²) in [5, 5.41) is 15.6. The molecular weight excluding hydrogens is 304 g/mol. The summed E-state index contributed by atoms with van der Waals surface area (Å²) in [6.45, 7) is 0.584. The molecule has 0 radical (unpaired) electrons. The van der Waals surface area contributed by atoms with Crippen LogP contribution in [0.1, 0.15) is 10.4 Å². The molecule has 0 atom stereocenters. The van der Waals surface area contributed by atoms with E-state index in [-0.39, 0.29) is 23.6 Å². The summed E-state index contributed by atoms with van der Waals surface area (Å²) >= 11 is 1.35. The summed E-state index contributed by atoms with van der Waals surface area (Å²) in [6, 6.07) is 4.84. The second kappa shape index (κ2) is 5.94. The van der Waals surface area contributed by atoms with Gasteiger partial charge in [-0.3, -0.25) is 14.2 Å². The van der Waals surface area contributed by atoms with Gasteiger partial charge < -0.3 is 10.5 Å². The maximum atomic E-state index is 12.2. The van der Waals surface area contributed by atoms with E-state index in [4.69, 9.17) is 0 Å². The number of nitrogens with one attached hydrogen (secondary N) is 1. The predicted octanol–water partition coefficient (Wildman–Crippen LogP) is 0.521. The van der Waals surface area contributed by atoms with Gasteiger partial charge in [-0.15, -0.1) is 11.3 Å². The number of thiophene rings is 1. The van der Waals surface area contributed by atoms with Gasteiger partial charge in [0.05, 0.1) is 11.8 Å². The van der Waals surface area contributed by atoms with Gasteiger partial charge >= 0.3 is 0 Å². The zero-order valence-electron chi connectivity index (χ0n) is 11.4. The predicted molar refractivity (Wildman–Crippen MR) is 81.6 cm³/mol. The largest absolute Gasteiger partial charge is 0.619 e. The number of nitrogens with zero attached hydrogens (tertiary/aromatic N) is 3. The number of fused-ring (bicyclic) bond motifs is 1. The Bertz CT molecular complexity index is 887. The Morgan fingerprint density at radius 3 is 3.14 bits per heavy atom. The first kappa shape index (κ1) is 14.2. The molecule has 0 aromatic carbocycles. The summed E-state index contributed by atoms with van der Waals surface area (Å²) in [5.74, 6) is -0.358. The monoisotopic (exact) mass is 316 g/mol. The highest BCUT2D eigenvalue weighted by molar-refractivity contribution is 7.17. The lowest BCUT2D eigenvalue weighted by molar-refractivity contribution is -0.605. The van der Waals surface area contributed by atoms with Gasteiger partial charge in [0.1, 0.15) is 10.3 Å². The van der Waals surface area contributed by atoms with Crippen molar-refractivity contribution in [2.24, 2.45) is 0 Å². The van der Waals surface area contributed by atoms with Crippen LogP contribution in [0.15, 0.2) is 47.1 Å². The lowest BCUT2D eigenvalue weighted by Gasteiger charge is -2.07. The van der Waals surface area contributed by atoms with Crippen LogP contribution in [0.2, 0.25) is 0 Å². The van der Waals surface area contributed by atoms with Crippen LogP contribution in [0, 0.1) is 5.21 Å². The minimum absolute atomic E-state index is 0.119. The fourth-order valence-electron chi connectivity index (χ4n) is 2.02. The number of carbonyl (C=O) groups is 1. The Labute approximate surface area is 129 Å². The molecule has 0 aliphatic heterocycles. The highest BCUT2D eigenvalue weighted by Crippen LogP contribution is 2.12. The highest BCUT2D eigenvalue weighted by atomic mass is 32.1. The second-order valence-corrected chi connectivity index (χ2v) is 5.50. The Morgan fingerprint density at radius 1 is 1.45 bits per heavy atom. The molecule has 8 heteroatoms. The third kappa shape index (κ3) is 2.82. The second-order valence-electron chi connectivity index (χ2n) is 4.59. The molecule has 1 N–H and O–H groups in total. The van der Waals surface area contributed by atoms with Gasteiger partial charge in [-0.2, -0.15) is 4.73 Å². The van der Waals surface area contributed by atoms with E-state index in [1.807, 2.05) is 5.38 Å². The normalized spacial score (nSPS) is 10.7. The quantitative estimate of drug-likeness (QED) is 0.561. The van der Waals surface area contributed by atoms with Crippen LogP contribution in [-0.4, -0.2) is 22.0 Å². The fraction of sp³-hybridized carbons (Fsp3) is 0.143. The number of carbonyl (C=O) groups excluding carboxylic acids is 1. The summed E-state index contributed by atoms with van der Waals surface area (Å²) in [7, 11) is 0. The van der Waals surface area contributed by atoms with E-state index < -0.39 is 0 Å². The molecule has 0 unspecified atom stereocenters. The zero-order valence-corrected chi connectivity index (χ0v) is 12.2. The number of hydrogen-bond donors (Lipinski definition) is 1. The van der Waals surface area contributed by atoms with Crippen molar-refractivity contribution in [3.8, 4) is 0 Å². The van der Waals surface area contributed by atoms with Crippen molar-refractivity contribution < 1.29 is 9.52 Å². The Hall–Kier alpha value is -2.74. The Morgan fingerprint density at radius 2 is 2.32 bits per heavy atom. The van der Waals surface area contributed by atoms with Gasteiger partial charge in [0.2, 0.25) is 0 Å². The van der Waals surface area contributed by atoms with Crippen molar-refractivity contribution in [2.75, 3.05) is 6.54 Å². The van der Waals surface area contributed by atoms with E-state index >= 15 is 0 Å². The van der Waals surface area contributed by atoms with E-state index in [2.05, 4.69) is 10.3 Å². The lowest BCUT2D eigenvalue weighted by atomic mass is 10.3. The van der Waals surface area contributed by atoms with Crippen LogP contribution >= 0.6 is 11.3 Å². The third-order valence-electron chi connectivity index (χ3n) is 3.11. The van der Waals surface area contributed by atoms with Crippen LogP contribution in [0.25, 0.3) is 10.2 Å². The third-order valence-corrected chi connectivity index (χ3v) is 4.00. The first-order valence-corrected chi connectivity index (χ1v) is 7.43. The minimum Gasteiger partial charge on any atom is -0.619 e. The molecule has 0 aliphatic rings. The summed E-state index contributed by atoms with van der Waals surface area (Å²) in [6.07, 6.45) is 3.97. The van der Waals surface area contributed by atoms with E-state index in [1.165, 1.54) is 40.7 Å². The van der Waals surface area contributed by atoms with E-state index in [9.17, 15) is 14.8 Å². The van der Waals surface area contributed by atoms with Gasteiger partial charge in [0.15, 0.2) is 12.4 Å². The van der Waals surface area contributed by atoms with Crippen molar-refractivity contribution in [3.63, 3.8) is 0 Å². The van der Waals surface area contributed by atoms with Crippen molar-refractivity contribution in [1.82, 2.24) is 14.9 Å². The topological polar surface area (TPSA) is 90.9 Å². The fourth-order valence-corrected chi connectivity index (χ4v) is 2.81. The van der Waals surface area contributed by atoms with Crippen LogP contribution in [0.4, 0.5) is 0 Å². The van der Waals surface area contributed by atoms with Crippen LogP contribution < -0.4 is 15.6 Å². The molecule has 0 bridgehead atoms. The van der Waals surface area contributed by atoms with Gasteiger partial charge in [0.25, 0.3) is 11.5 Å². The van der Waals surface area contributed by atoms with Crippen molar-refractivity contribution in [1.29, 1.82) is 0 Å². The first-order valence-electron chi connectivity index (χ1n) is 6.55. The molecule has 3 aromatic heterocycles. The number of aromatic nitrogens is 3. The summed E-state index contributed by atoms with van der Waals surface area (Å²) in [5.41, 5.74) is 0.836. The number of rotatable bonds is 4. The Kier molecular flexibility index (Phi) is 3.84. The van der Waals surface area contributed by atoms with Gasteiger partial charge in [-0.1, -0.05) is 0 Å². The molecular formula is C14H12N4O3S. The van der Waals surface area contributed by atoms with Gasteiger partial charge in [-0.25, -0.2) is 4.98 Å². The summed E-state index contributed by atoms with van der Waals surface area (Å²) in [4.78, 5) is 28.2. The van der Waals surface area contributed by atoms with Gasteiger partial charge in [0, 0.05) is 19.2 Å². The average molecular weight is 316 g/mol. The molecule has 3 aromatic rings. The Balaban J connectivity index is 1.66. The molecule has 0 spiro atoms. The van der Waals surface area contributed by atoms with Crippen LogP contribution in [-0.2, 0) is 6.54 Å². The first-order chi connectivity index (χ1) is 10.6. The smallest absolute Gasteiger partial charge is 0.271 e. The molecule has 3 heterocycles. The van der Waals surface area contributed by atoms with Crippen molar-refractivity contribution >= 4 is 27.5 Å². The zero-order chi connectivity index (χ0) is 15.5. The lowest BCUT2D eigenvalue weighted by Crippen LogP contribution is -2.33. The molecule has 0 fully saturated rings. The minimum atomic E-state index is -0.358. The molecule has 0 saturated carbocycles. The molecule has 1 amide bonds. The maximum Gasteiger partial charge on any atom is 0.271 e. The van der Waals surface area contributed by atoms with E-state index in [1.54, 1.807) is 12.1 Å². The van der Waals surface area contributed by atoms with E-state index in [0.717, 1.165) is 0 Å².